The van der Waals surface area contributed by atoms with Crippen LogP contribution in [0, 0.1) is 5.92 Å². The Bertz CT molecular complexity index is 1210. The van der Waals surface area contributed by atoms with Gasteiger partial charge in [0.1, 0.15) is 0 Å². The van der Waals surface area contributed by atoms with E-state index in [9.17, 15) is 9.59 Å². The number of hydrogen-bond acceptors (Lipinski definition) is 7. The zero-order valence-corrected chi connectivity index (χ0v) is 19.3. The predicted octanol–water partition coefficient (Wildman–Crippen LogP) is 1.83. The second-order valence-electron chi connectivity index (χ2n) is 8.39. The number of imidazole rings is 1. The van der Waals surface area contributed by atoms with Crippen LogP contribution in [0.4, 0.5) is 5.69 Å². The van der Waals surface area contributed by atoms with E-state index in [1.54, 1.807) is 11.0 Å². The summed E-state index contributed by atoms with van der Waals surface area (Å²) in [5, 5.41) is 0.479. The average Bonchev–Trinajstić information content (AvgIpc) is 3.50. The first-order chi connectivity index (χ1) is 16.5. The van der Waals surface area contributed by atoms with Crippen LogP contribution < -0.4 is 15.4 Å². The van der Waals surface area contributed by atoms with Crippen LogP contribution in [0.2, 0.25) is 5.02 Å². The third-order valence-electron chi connectivity index (χ3n) is 6.20. The van der Waals surface area contributed by atoms with Crippen LogP contribution in [0.5, 0.6) is 6.01 Å². The molecule has 1 unspecified atom stereocenters. The molecule has 3 N–H and O–H groups in total. The van der Waals surface area contributed by atoms with Gasteiger partial charge in [0.15, 0.2) is 12.3 Å². The van der Waals surface area contributed by atoms with Gasteiger partial charge >= 0.3 is 0 Å². The molecule has 0 spiro atoms. The largest absolute Gasteiger partial charge is 0.455 e. The van der Waals surface area contributed by atoms with Crippen molar-refractivity contribution in [3.8, 4) is 17.3 Å². The van der Waals surface area contributed by atoms with Crippen molar-refractivity contribution in [3.05, 3.63) is 35.4 Å². The van der Waals surface area contributed by atoms with Gasteiger partial charge < -0.3 is 30.0 Å². The lowest BCUT2D eigenvalue weighted by Crippen LogP contribution is -2.36. The molecule has 0 aliphatic carbocycles. The Morgan fingerprint density at radius 3 is 2.65 bits per heavy atom. The number of rotatable bonds is 6. The van der Waals surface area contributed by atoms with Gasteiger partial charge in [-0.05, 0) is 24.6 Å². The SMILES string of the molecule is NC(=O)C1CCN(C(=O)COc2nc3nc(-c4ccc(N5CCOCC5)cc4)c(Cl)cc3[nH]2)C1. The Balaban J connectivity index is 1.27. The number of fused-ring (bicyclic) bond motifs is 1. The van der Waals surface area contributed by atoms with Crippen LogP contribution >= 0.6 is 11.6 Å². The molecule has 3 aromatic rings. The van der Waals surface area contributed by atoms with Gasteiger partial charge in [0.05, 0.1) is 35.4 Å². The number of anilines is 1. The summed E-state index contributed by atoms with van der Waals surface area (Å²) in [7, 11) is 0. The number of likely N-dealkylation sites (tertiary alicyclic amines) is 1. The zero-order chi connectivity index (χ0) is 23.7. The molecule has 2 fully saturated rings. The number of pyridine rings is 1. The monoisotopic (exact) mass is 484 g/mol. The van der Waals surface area contributed by atoms with Gasteiger partial charge in [-0.25, -0.2) is 4.98 Å². The van der Waals surface area contributed by atoms with Crippen LogP contribution in [-0.4, -0.2) is 77.7 Å². The van der Waals surface area contributed by atoms with Gasteiger partial charge in [0.25, 0.3) is 11.9 Å². The quantitative estimate of drug-likeness (QED) is 0.546. The maximum absolute atomic E-state index is 12.4. The fraction of sp³-hybridized carbons (Fsp3) is 0.391. The number of primary amides is 1. The van der Waals surface area contributed by atoms with Crippen LogP contribution in [-0.2, 0) is 14.3 Å². The van der Waals surface area contributed by atoms with Crippen molar-refractivity contribution in [1.29, 1.82) is 0 Å². The normalized spacial score (nSPS) is 18.4. The van der Waals surface area contributed by atoms with E-state index >= 15 is 0 Å². The number of carbonyl (C=O) groups excluding carboxylic acids is 2. The molecule has 2 aromatic heterocycles. The highest BCUT2D eigenvalue weighted by molar-refractivity contribution is 6.33. The molecule has 11 heteroatoms. The van der Waals surface area contributed by atoms with E-state index in [4.69, 9.17) is 26.8 Å². The molecule has 4 heterocycles. The summed E-state index contributed by atoms with van der Waals surface area (Å²) < 4.78 is 11.0. The maximum atomic E-state index is 12.4. The van der Waals surface area contributed by atoms with Crippen LogP contribution in [0.15, 0.2) is 30.3 Å². The topological polar surface area (TPSA) is 127 Å². The highest BCUT2D eigenvalue weighted by atomic mass is 35.5. The molecule has 1 aromatic carbocycles. The van der Waals surface area contributed by atoms with E-state index < -0.39 is 0 Å². The van der Waals surface area contributed by atoms with E-state index in [0.717, 1.165) is 37.6 Å². The fourth-order valence-electron chi connectivity index (χ4n) is 4.26. The third-order valence-corrected chi connectivity index (χ3v) is 6.49. The lowest BCUT2D eigenvalue weighted by atomic mass is 10.1. The van der Waals surface area contributed by atoms with Crippen LogP contribution in [0.1, 0.15) is 6.42 Å². The molecule has 34 heavy (non-hydrogen) atoms. The number of aromatic amines is 1. The van der Waals surface area contributed by atoms with Gasteiger partial charge in [0, 0.05) is 37.4 Å². The summed E-state index contributed by atoms with van der Waals surface area (Å²) in [5.41, 5.74) is 9.00. The number of benzene rings is 1. The van der Waals surface area contributed by atoms with Crippen molar-refractivity contribution in [2.24, 2.45) is 11.7 Å². The molecule has 0 bridgehead atoms. The van der Waals surface area contributed by atoms with Gasteiger partial charge in [0.2, 0.25) is 5.91 Å². The van der Waals surface area contributed by atoms with Crippen molar-refractivity contribution >= 4 is 40.3 Å². The smallest absolute Gasteiger partial charge is 0.296 e. The number of amides is 2. The highest BCUT2D eigenvalue weighted by Gasteiger charge is 2.29. The zero-order valence-electron chi connectivity index (χ0n) is 18.5. The Hall–Kier alpha value is -3.37. The molecule has 2 aliphatic rings. The van der Waals surface area contributed by atoms with Gasteiger partial charge in [-0.15, -0.1) is 0 Å². The highest BCUT2D eigenvalue weighted by Crippen LogP contribution is 2.31. The van der Waals surface area contributed by atoms with Crippen molar-refractivity contribution in [2.75, 3.05) is 50.9 Å². The number of morpholine rings is 1. The first kappa shape index (κ1) is 22.4. The minimum Gasteiger partial charge on any atom is -0.455 e. The first-order valence-electron chi connectivity index (χ1n) is 11.2. The van der Waals surface area contributed by atoms with Gasteiger partial charge in [-0.2, -0.15) is 4.98 Å². The van der Waals surface area contributed by atoms with Gasteiger partial charge in [-0.1, -0.05) is 23.7 Å². The second kappa shape index (κ2) is 9.47. The van der Waals surface area contributed by atoms with E-state index in [-0.39, 0.29) is 30.3 Å². The number of aromatic nitrogens is 3. The Kier molecular flexibility index (Phi) is 6.25. The Morgan fingerprint density at radius 2 is 1.94 bits per heavy atom. The lowest BCUT2D eigenvalue weighted by molar-refractivity contribution is -0.132. The van der Waals surface area contributed by atoms with E-state index in [0.29, 0.717) is 41.4 Å². The summed E-state index contributed by atoms with van der Waals surface area (Å²) in [5.74, 6) is -0.915. The number of hydrogen-bond donors (Lipinski definition) is 2. The third kappa shape index (κ3) is 4.64. The summed E-state index contributed by atoms with van der Waals surface area (Å²) in [6, 6.07) is 10.0. The molecule has 2 saturated heterocycles. The minimum atomic E-state index is -0.386. The Morgan fingerprint density at radius 1 is 1.18 bits per heavy atom. The van der Waals surface area contributed by atoms with Crippen molar-refractivity contribution in [2.45, 2.75) is 6.42 Å². The first-order valence-corrected chi connectivity index (χ1v) is 11.5. The van der Waals surface area contributed by atoms with Crippen molar-refractivity contribution < 1.29 is 19.1 Å². The molecule has 2 aliphatic heterocycles. The molecular weight excluding hydrogens is 460 g/mol. The lowest BCUT2D eigenvalue weighted by Gasteiger charge is -2.28. The molecule has 5 rings (SSSR count). The predicted molar refractivity (Wildman–Crippen MR) is 127 cm³/mol. The second-order valence-corrected chi connectivity index (χ2v) is 8.80. The maximum Gasteiger partial charge on any atom is 0.296 e. The molecule has 0 radical (unpaired) electrons. The molecule has 10 nitrogen and oxygen atoms in total. The van der Waals surface area contributed by atoms with Crippen LogP contribution in [0.25, 0.3) is 22.4 Å². The van der Waals surface area contributed by atoms with Crippen molar-refractivity contribution in [1.82, 2.24) is 19.9 Å². The number of nitrogens with two attached hydrogens (primary N) is 1. The standard InChI is InChI=1S/C23H25ClN6O4/c24-17-11-18-22(27-20(17)14-1-3-16(4-2-14)29-7-9-33-10-8-29)28-23(26-18)34-13-19(31)30-6-5-15(12-30)21(25)32/h1-4,11,15H,5-10,12-13H2,(H2,25,32)(H,26,27,28). The summed E-state index contributed by atoms with van der Waals surface area (Å²) >= 11 is 6.51. The summed E-state index contributed by atoms with van der Waals surface area (Å²) in [6.07, 6.45) is 0.574. The number of nitrogens with zero attached hydrogens (tertiary/aromatic N) is 4. The van der Waals surface area contributed by atoms with Gasteiger partial charge in [-0.3, -0.25) is 9.59 Å². The molecule has 0 saturated carbocycles. The van der Waals surface area contributed by atoms with E-state index in [2.05, 4.69) is 32.0 Å². The number of ether oxygens (including phenoxy) is 2. The summed E-state index contributed by atoms with van der Waals surface area (Å²) in [6.45, 7) is 3.80. The minimum absolute atomic E-state index is 0.178. The van der Waals surface area contributed by atoms with E-state index in [1.807, 2.05) is 12.1 Å². The number of carbonyl (C=O) groups is 2. The van der Waals surface area contributed by atoms with E-state index in [1.165, 1.54) is 0 Å². The fourth-order valence-corrected chi connectivity index (χ4v) is 4.52. The summed E-state index contributed by atoms with van der Waals surface area (Å²) in [4.78, 5) is 39.5. The number of halogens is 1. The molecule has 2 amide bonds. The molecule has 1 atom stereocenters. The average molecular weight is 485 g/mol. The van der Waals surface area contributed by atoms with Crippen molar-refractivity contribution in [3.63, 3.8) is 0 Å². The number of nitrogens with one attached hydrogen (secondary N) is 1. The number of H-pyrrole nitrogens is 1. The molecule has 178 valence electrons. The molecular formula is C23H25ClN6O4. The Labute approximate surface area is 201 Å². The van der Waals surface area contributed by atoms with Crippen LogP contribution in [0.3, 0.4) is 0 Å².